The van der Waals surface area contributed by atoms with E-state index in [2.05, 4.69) is 9.98 Å². The Morgan fingerprint density at radius 3 is 3.00 bits per heavy atom. The van der Waals surface area contributed by atoms with Gasteiger partial charge in [0.05, 0.1) is 12.9 Å². The van der Waals surface area contributed by atoms with Gasteiger partial charge in [-0.05, 0) is 17.7 Å². The minimum absolute atomic E-state index is 0.667. The molecule has 0 amide bonds. The normalized spacial score (nSPS) is 11.4. The summed E-state index contributed by atoms with van der Waals surface area (Å²) in [5.74, 6) is 0.698. The highest BCUT2D eigenvalue weighted by Crippen LogP contribution is 2.17. The van der Waals surface area contributed by atoms with Gasteiger partial charge in [-0.2, -0.15) is 0 Å². The molecule has 84 valence electrons. The Balaban J connectivity index is 2.19. The number of aliphatic imine (C=N–C) groups is 1. The SMILES string of the molecule is Cc1nc2cc(C/N=C/N(C)C)ccc2o1. The van der Waals surface area contributed by atoms with Gasteiger partial charge in [0, 0.05) is 21.0 Å². The molecule has 0 spiro atoms. The van der Waals surface area contributed by atoms with E-state index in [4.69, 9.17) is 4.42 Å². The highest BCUT2D eigenvalue weighted by molar-refractivity contribution is 5.73. The number of fused-ring (bicyclic) bond motifs is 1. The molecule has 0 fully saturated rings. The summed E-state index contributed by atoms with van der Waals surface area (Å²) in [7, 11) is 3.90. The predicted molar refractivity (Wildman–Crippen MR) is 64.6 cm³/mol. The third-order valence-electron chi connectivity index (χ3n) is 2.15. The number of aromatic nitrogens is 1. The van der Waals surface area contributed by atoms with Gasteiger partial charge in [0.1, 0.15) is 5.52 Å². The van der Waals surface area contributed by atoms with E-state index in [0.29, 0.717) is 12.4 Å². The summed E-state index contributed by atoms with van der Waals surface area (Å²) in [6.45, 7) is 2.52. The van der Waals surface area contributed by atoms with Crippen LogP contribution in [0.2, 0.25) is 0 Å². The lowest BCUT2D eigenvalue weighted by Gasteiger charge is -2.02. The van der Waals surface area contributed by atoms with Gasteiger partial charge in [-0.15, -0.1) is 0 Å². The lowest BCUT2D eigenvalue weighted by Crippen LogP contribution is -2.07. The van der Waals surface area contributed by atoms with E-state index >= 15 is 0 Å². The highest BCUT2D eigenvalue weighted by Gasteiger charge is 2.02. The van der Waals surface area contributed by atoms with E-state index < -0.39 is 0 Å². The first-order chi connectivity index (χ1) is 7.65. The quantitative estimate of drug-likeness (QED) is 0.584. The van der Waals surface area contributed by atoms with Crippen LogP contribution in [0.3, 0.4) is 0 Å². The van der Waals surface area contributed by atoms with E-state index in [1.54, 1.807) is 6.34 Å². The van der Waals surface area contributed by atoms with Gasteiger partial charge in [0.2, 0.25) is 0 Å². The Labute approximate surface area is 94.6 Å². The van der Waals surface area contributed by atoms with Crippen molar-refractivity contribution in [2.45, 2.75) is 13.5 Å². The van der Waals surface area contributed by atoms with Crippen molar-refractivity contribution >= 4 is 17.4 Å². The summed E-state index contributed by atoms with van der Waals surface area (Å²) in [6, 6.07) is 5.97. The standard InChI is InChI=1S/C12H15N3O/c1-9-14-11-6-10(4-5-12(11)16-9)7-13-8-15(2)3/h4-6,8H,7H2,1-3H3/b13-8+. The van der Waals surface area contributed by atoms with Gasteiger partial charge in [-0.1, -0.05) is 6.07 Å². The third kappa shape index (κ3) is 2.39. The molecule has 1 heterocycles. The van der Waals surface area contributed by atoms with Gasteiger partial charge in [0.25, 0.3) is 0 Å². The molecule has 0 N–H and O–H groups in total. The first-order valence-electron chi connectivity index (χ1n) is 5.17. The maximum atomic E-state index is 5.41. The number of hydrogen-bond donors (Lipinski definition) is 0. The van der Waals surface area contributed by atoms with Gasteiger partial charge in [-0.25, -0.2) is 4.98 Å². The highest BCUT2D eigenvalue weighted by atomic mass is 16.3. The largest absolute Gasteiger partial charge is 0.441 e. The Hall–Kier alpha value is -1.84. The van der Waals surface area contributed by atoms with Crippen LogP contribution in [-0.2, 0) is 6.54 Å². The lowest BCUT2D eigenvalue weighted by atomic mass is 10.2. The Morgan fingerprint density at radius 2 is 2.25 bits per heavy atom. The van der Waals surface area contributed by atoms with Crippen LogP contribution in [0.5, 0.6) is 0 Å². The van der Waals surface area contributed by atoms with Crippen LogP contribution in [0.15, 0.2) is 27.6 Å². The minimum atomic E-state index is 0.667. The van der Waals surface area contributed by atoms with Crippen molar-refractivity contribution < 1.29 is 4.42 Å². The van der Waals surface area contributed by atoms with Crippen molar-refractivity contribution in [3.63, 3.8) is 0 Å². The molecule has 0 bridgehead atoms. The maximum absolute atomic E-state index is 5.41. The molecule has 0 aliphatic heterocycles. The zero-order valence-corrected chi connectivity index (χ0v) is 9.77. The van der Waals surface area contributed by atoms with Crippen molar-refractivity contribution in [3.8, 4) is 0 Å². The second-order valence-corrected chi connectivity index (χ2v) is 3.95. The van der Waals surface area contributed by atoms with Crippen molar-refractivity contribution in [1.29, 1.82) is 0 Å². The van der Waals surface area contributed by atoms with Crippen molar-refractivity contribution in [2.75, 3.05) is 14.1 Å². The van der Waals surface area contributed by atoms with E-state index in [1.807, 2.05) is 44.1 Å². The summed E-state index contributed by atoms with van der Waals surface area (Å²) < 4.78 is 5.41. The summed E-state index contributed by atoms with van der Waals surface area (Å²) in [5.41, 5.74) is 2.87. The van der Waals surface area contributed by atoms with Gasteiger partial charge in [0.15, 0.2) is 11.5 Å². The molecule has 0 unspecified atom stereocenters. The molecule has 0 saturated carbocycles. The fraction of sp³-hybridized carbons (Fsp3) is 0.333. The summed E-state index contributed by atoms with van der Waals surface area (Å²) >= 11 is 0. The molecule has 0 atom stereocenters. The van der Waals surface area contributed by atoms with Crippen LogP contribution < -0.4 is 0 Å². The zero-order valence-electron chi connectivity index (χ0n) is 9.77. The van der Waals surface area contributed by atoms with Crippen molar-refractivity contribution in [3.05, 3.63) is 29.7 Å². The van der Waals surface area contributed by atoms with Crippen LogP contribution in [-0.4, -0.2) is 30.3 Å². The average Bonchev–Trinajstić information content (AvgIpc) is 2.56. The van der Waals surface area contributed by atoms with Gasteiger partial charge >= 0.3 is 0 Å². The number of benzene rings is 1. The molecule has 0 aliphatic carbocycles. The predicted octanol–water partition coefficient (Wildman–Crippen LogP) is 2.23. The maximum Gasteiger partial charge on any atom is 0.192 e. The molecule has 2 aromatic rings. The number of oxazole rings is 1. The first kappa shape index (κ1) is 10.7. The monoisotopic (exact) mass is 217 g/mol. The van der Waals surface area contributed by atoms with Crippen LogP contribution in [0.4, 0.5) is 0 Å². The molecule has 4 heteroatoms. The van der Waals surface area contributed by atoms with E-state index in [1.165, 1.54) is 0 Å². The molecule has 0 aliphatic rings. The van der Waals surface area contributed by atoms with E-state index in [9.17, 15) is 0 Å². The minimum Gasteiger partial charge on any atom is -0.441 e. The van der Waals surface area contributed by atoms with Crippen molar-refractivity contribution in [1.82, 2.24) is 9.88 Å². The smallest absolute Gasteiger partial charge is 0.192 e. The van der Waals surface area contributed by atoms with Gasteiger partial charge < -0.3 is 9.32 Å². The molecule has 0 saturated heterocycles. The van der Waals surface area contributed by atoms with Crippen LogP contribution >= 0.6 is 0 Å². The zero-order chi connectivity index (χ0) is 11.5. The fourth-order valence-corrected chi connectivity index (χ4v) is 1.50. The average molecular weight is 217 g/mol. The number of rotatable bonds is 3. The molecule has 0 radical (unpaired) electrons. The summed E-state index contributed by atoms with van der Waals surface area (Å²) in [4.78, 5) is 10.5. The second kappa shape index (κ2) is 4.35. The Kier molecular flexibility index (Phi) is 2.90. The van der Waals surface area contributed by atoms with E-state index in [-0.39, 0.29) is 0 Å². The Bertz CT molecular complexity index is 514. The Morgan fingerprint density at radius 1 is 1.44 bits per heavy atom. The molecule has 16 heavy (non-hydrogen) atoms. The molecular weight excluding hydrogens is 202 g/mol. The summed E-state index contributed by atoms with van der Waals surface area (Å²) in [5, 5.41) is 0. The third-order valence-corrected chi connectivity index (χ3v) is 2.15. The summed E-state index contributed by atoms with van der Waals surface area (Å²) in [6.07, 6.45) is 1.80. The molecular formula is C12H15N3O. The molecule has 4 nitrogen and oxygen atoms in total. The van der Waals surface area contributed by atoms with Crippen LogP contribution in [0.25, 0.3) is 11.1 Å². The number of aryl methyl sites for hydroxylation is 1. The lowest BCUT2D eigenvalue weighted by molar-refractivity contribution is 0.561. The van der Waals surface area contributed by atoms with Crippen molar-refractivity contribution in [2.24, 2.45) is 4.99 Å². The fourth-order valence-electron chi connectivity index (χ4n) is 1.50. The molecule has 2 rings (SSSR count). The topological polar surface area (TPSA) is 41.6 Å². The second-order valence-electron chi connectivity index (χ2n) is 3.95. The van der Waals surface area contributed by atoms with Crippen LogP contribution in [0, 0.1) is 6.92 Å². The number of hydrogen-bond acceptors (Lipinski definition) is 3. The molecule has 1 aromatic heterocycles. The van der Waals surface area contributed by atoms with Crippen LogP contribution in [0.1, 0.15) is 11.5 Å². The van der Waals surface area contributed by atoms with E-state index in [0.717, 1.165) is 16.7 Å². The number of nitrogens with zero attached hydrogens (tertiary/aromatic N) is 3. The van der Waals surface area contributed by atoms with Gasteiger partial charge in [-0.3, -0.25) is 4.99 Å². The molecule has 1 aromatic carbocycles. The first-order valence-corrected chi connectivity index (χ1v) is 5.17.